The molecule has 43 heavy (non-hydrogen) atoms. The van der Waals surface area contributed by atoms with Crippen molar-refractivity contribution in [2.24, 2.45) is 0 Å². The molecule has 0 saturated carbocycles. The van der Waals surface area contributed by atoms with E-state index < -0.39 is 42.1 Å². The molecule has 4 rings (SSSR count). The van der Waals surface area contributed by atoms with Crippen molar-refractivity contribution < 1.29 is 36.6 Å². The number of anilines is 1. The van der Waals surface area contributed by atoms with Gasteiger partial charge in [-0.3, -0.25) is 9.62 Å². The molecule has 17 heteroatoms. The fourth-order valence-electron chi connectivity index (χ4n) is 4.09. The van der Waals surface area contributed by atoms with Crippen LogP contribution in [0, 0.1) is 5.82 Å². The number of halogens is 1. The number of nitrogens with one attached hydrogen (secondary N) is 2. The maximum absolute atomic E-state index is 15.1. The van der Waals surface area contributed by atoms with Crippen molar-refractivity contribution in [3.05, 3.63) is 53.2 Å². The number of nitrogens with zero attached hydrogens (tertiary/aromatic N) is 5. The van der Waals surface area contributed by atoms with Crippen LogP contribution in [0.1, 0.15) is 29.9 Å². The van der Waals surface area contributed by atoms with E-state index in [1.807, 2.05) is 9.44 Å². The van der Waals surface area contributed by atoms with Crippen LogP contribution in [0.15, 0.2) is 30.5 Å². The Morgan fingerprint density at radius 3 is 2.67 bits per heavy atom. The summed E-state index contributed by atoms with van der Waals surface area (Å²) in [6.45, 7) is 9.32. The molecule has 1 amide bonds. The van der Waals surface area contributed by atoms with Crippen LogP contribution < -0.4 is 18.9 Å². The van der Waals surface area contributed by atoms with Crippen LogP contribution in [-0.4, -0.2) is 68.0 Å². The molecule has 1 aliphatic rings. The lowest BCUT2D eigenvalue weighted by Gasteiger charge is -2.34. The molecule has 1 atom stereocenters. The van der Waals surface area contributed by atoms with Gasteiger partial charge < -0.3 is 18.9 Å². The second-order valence-corrected chi connectivity index (χ2v) is 18.2. The zero-order valence-electron chi connectivity index (χ0n) is 24.9. The van der Waals surface area contributed by atoms with E-state index in [1.165, 1.54) is 28.9 Å². The van der Waals surface area contributed by atoms with Gasteiger partial charge in [0.25, 0.3) is 10.2 Å². The second kappa shape index (κ2) is 13.3. The van der Waals surface area contributed by atoms with Gasteiger partial charge in [-0.1, -0.05) is 19.6 Å². The normalized spacial score (nSPS) is 15.3. The standard InChI is InChI=1S/C26H36FN7O7SSi/c1-17-20-8-7-19(40-25-30-22(15-38-3)31-34(25)16-39-11-12-43(4,5)6)13-21(20)41-26(35)33(17)14-18-9-10-29-24(23(18)27)32-42(36,37)28-2/h7-10,13,17,28H,11-12,14-16H2,1-6H3,(H,29,32). The van der Waals surface area contributed by atoms with Crippen molar-refractivity contribution in [1.29, 1.82) is 0 Å². The molecule has 0 radical (unpaired) electrons. The number of amides is 1. The van der Waals surface area contributed by atoms with Crippen molar-refractivity contribution in [3.8, 4) is 17.5 Å². The number of methoxy groups -OCH3 is 1. The smallest absolute Gasteiger partial charge is 0.416 e. The zero-order valence-corrected chi connectivity index (χ0v) is 26.7. The topological polar surface area (TPSA) is 159 Å². The number of aromatic nitrogens is 4. The average molecular weight is 638 g/mol. The SMILES string of the molecule is CNS(=O)(=O)Nc1nccc(CN2C(=O)Oc3cc(Oc4nc(COC)nn4COCC[Si](C)(C)C)ccc3C2C)c1F. The molecule has 14 nitrogen and oxygen atoms in total. The predicted octanol–water partition coefficient (Wildman–Crippen LogP) is 4.01. The number of carbonyl (C=O) groups excluding carboxylic acids is 1. The maximum Gasteiger partial charge on any atom is 0.416 e. The van der Waals surface area contributed by atoms with Crippen LogP contribution in [0.4, 0.5) is 15.0 Å². The van der Waals surface area contributed by atoms with E-state index in [4.69, 9.17) is 18.9 Å². The quantitative estimate of drug-likeness (QED) is 0.195. The molecule has 0 aliphatic carbocycles. The predicted molar refractivity (Wildman–Crippen MR) is 157 cm³/mol. The summed E-state index contributed by atoms with van der Waals surface area (Å²) in [6.07, 6.45) is 0.532. The Kier molecular flexibility index (Phi) is 10.0. The van der Waals surface area contributed by atoms with E-state index in [9.17, 15) is 13.2 Å². The first kappa shape index (κ1) is 32.3. The minimum atomic E-state index is -3.99. The van der Waals surface area contributed by atoms with Crippen molar-refractivity contribution in [3.63, 3.8) is 0 Å². The largest absolute Gasteiger partial charge is 0.424 e. The molecule has 0 spiro atoms. The van der Waals surface area contributed by atoms with E-state index in [2.05, 4.69) is 34.7 Å². The summed E-state index contributed by atoms with van der Waals surface area (Å²) in [6, 6.07) is 7.05. The summed E-state index contributed by atoms with van der Waals surface area (Å²) in [4.78, 5) is 22.5. The molecular formula is C26H36FN7O7SSi. The van der Waals surface area contributed by atoms with Crippen LogP contribution in [0.5, 0.6) is 17.5 Å². The summed E-state index contributed by atoms with van der Waals surface area (Å²) >= 11 is 0. The first-order valence-electron chi connectivity index (χ1n) is 13.5. The number of hydrogen-bond donors (Lipinski definition) is 2. The Morgan fingerprint density at radius 2 is 1.98 bits per heavy atom. The van der Waals surface area contributed by atoms with Gasteiger partial charge in [-0.25, -0.2) is 18.9 Å². The number of ether oxygens (including phenoxy) is 4. The highest BCUT2D eigenvalue weighted by Crippen LogP contribution is 2.39. The summed E-state index contributed by atoms with van der Waals surface area (Å²) in [7, 11) is -2.53. The van der Waals surface area contributed by atoms with Gasteiger partial charge >= 0.3 is 12.1 Å². The molecule has 3 heterocycles. The Balaban J connectivity index is 1.50. The van der Waals surface area contributed by atoms with Gasteiger partial charge in [-0.05, 0) is 31.2 Å². The monoisotopic (exact) mass is 637 g/mol. The minimum Gasteiger partial charge on any atom is -0.424 e. The van der Waals surface area contributed by atoms with E-state index in [-0.39, 0.29) is 37.2 Å². The number of rotatable bonds is 14. The van der Waals surface area contributed by atoms with Gasteiger partial charge in [0.2, 0.25) is 0 Å². The van der Waals surface area contributed by atoms with Gasteiger partial charge in [0.1, 0.15) is 24.8 Å². The van der Waals surface area contributed by atoms with Crippen LogP contribution >= 0.6 is 0 Å². The lowest BCUT2D eigenvalue weighted by Crippen LogP contribution is -2.39. The van der Waals surface area contributed by atoms with Crippen LogP contribution in [0.2, 0.25) is 25.7 Å². The molecule has 0 saturated heterocycles. The summed E-state index contributed by atoms with van der Waals surface area (Å²) in [5, 5.41) is 4.40. The first-order chi connectivity index (χ1) is 20.3. The summed E-state index contributed by atoms with van der Waals surface area (Å²) in [5.41, 5.74) is 0.711. The first-order valence-corrected chi connectivity index (χ1v) is 18.6. The highest BCUT2D eigenvalue weighted by molar-refractivity contribution is 7.90. The lowest BCUT2D eigenvalue weighted by atomic mass is 10.0. The second-order valence-electron chi connectivity index (χ2n) is 11.0. The van der Waals surface area contributed by atoms with Crippen molar-refractivity contribution >= 4 is 30.2 Å². The molecule has 2 N–H and O–H groups in total. The van der Waals surface area contributed by atoms with E-state index >= 15 is 4.39 Å². The summed E-state index contributed by atoms with van der Waals surface area (Å²) < 4.78 is 66.8. The van der Waals surface area contributed by atoms with Gasteiger partial charge in [0.05, 0.1) is 12.6 Å². The fraction of sp³-hybridized carbons (Fsp3) is 0.462. The molecule has 1 aromatic carbocycles. The minimum absolute atomic E-state index is 0.0502. The third-order valence-corrected chi connectivity index (χ3v) is 9.22. The van der Waals surface area contributed by atoms with Crippen LogP contribution in [-0.2, 0) is 39.6 Å². The molecular weight excluding hydrogens is 601 g/mol. The molecule has 3 aromatic rings. The number of benzene rings is 1. The third-order valence-electron chi connectivity index (χ3n) is 6.52. The lowest BCUT2D eigenvalue weighted by molar-refractivity contribution is 0.0721. The van der Waals surface area contributed by atoms with Crippen molar-refractivity contribution in [1.82, 2.24) is 29.4 Å². The van der Waals surface area contributed by atoms with Crippen LogP contribution in [0.25, 0.3) is 0 Å². The number of pyridine rings is 1. The van der Waals surface area contributed by atoms with Gasteiger partial charge in [-0.15, -0.1) is 5.10 Å². The Morgan fingerprint density at radius 1 is 1.21 bits per heavy atom. The van der Waals surface area contributed by atoms with E-state index in [0.29, 0.717) is 23.7 Å². The van der Waals surface area contributed by atoms with Crippen molar-refractivity contribution in [2.45, 2.75) is 58.5 Å². The van der Waals surface area contributed by atoms with Crippen molar-refractivity contribution in [2.75, 3.05) is 25.5 Å². The molecule has 234 valence electrons. The Bertz CT molecular complexity index is 1570. The molecule has 1 aliphatic heterocycles. The van der Waals surface area contributed by atoms with E-state index in [1.54, 1.807) is 32.2 Å². The molecule has 2 aromatic heterocycles. The van der Waals surface area contributed by atoms with Gasteiger partial charge in [-0.2, -0.15) is 18.1 Å². The third kappa shape index (κ3) is 8.26. The highest BCUT2D eigenvalue weighted by atomic mass is 32.2. The summed E-state index contributed by atoms with van der Waals surface area (Å²) in [5.74, 6) is -0.343. The van der Waals surface area contributed by atoms with Gasteiger partial charge in [0.15, 0.2) is 17.5 Å². The molecule has 0 bridgehead atoms. The molecule has 0 fully saturated rings. The fourth-order valence-corrected chi connectivity index (χ4v) is 5.34. The highest BCUT2D eigenvalue weighted by Gasteiger charge is 2.33. The van der Waals surface area contributed by atoms with Gasteiger partial charge in [0, 0.05) is 52.2 Å². The number of carbonyl (C=O) groups is 1. The number of hydrogen-bond acceptors (Lipinski definition) is 10. The average Bonchev–Trinajstić information content (AvgIpc) is 3.31. The van der Waals surface area contributed by atoms with E-state index in [0.717, 1.165) is 6.04 Å². The maximum atomic E-state index is 15.1. The Hall–Kier alpha value is -3.64. The number of fused-ring (bicyclic) bond motifs is 1. The molecule has 1 unspecified atom stereocenters. The Labute approximate surface area is 250 Å². The van der Waals surface area contributed by atoms with Crippen LogP contribution in [0.3, 0.4) is 0 Å². The zero-order chi connectivity index (χ0) is 31.4.